The van der Waals surface area contributed by atoms with Crippen LogP contribution in [0.5, 0.6) is 0 Å². The minimum absolute atomic E-state index is 0.647. The Hall–Kier alpha value is -1.08. The van der Waals surface area contributed by atoms with Gasteiger partial charge in [0.05, 0.1) is 13.2 Å². The molecule has 0 aliphatic heterocycles. The van der Waals surface area contributed by atoms with Gasteiger partial charge in [0.15, 0.2) is 0 Å². The van der Waals surface area contributed by atoms with E-state index < -0.39 is 0 Å². The molecule has 0 saturated carbocycles. The Morgan fingerprint density at radius 1 is 1.38 bits per heavy atom. The monoisotopic (exact) mass is 176 g/mol. The van der Waals surface area contributed by atoms with Gasteiger partial charge in [0.25, 0.3) is 0 Å². The summed E-state index contributed by atoms with van der Waals surface area (Å²) in [6.45, 7) is 9.18. The maximum Gasteiger partial charge on any atom is 0.0723 e. The predicted molar refractivity (Wildman–Crippen MR) is 55.6 cm³/mol. The summed E-state index contributed by atoms with van der Waals surface area (Å²) in [4.78, 5) is 0. The summed E-state index contributed by atoms with van der Waals surface area (Å²) in [6, 6.07) is 8.26. The number of aryl methyl sites for hydroxylation is 1. The molecular weight excluding hydrogens is 160 g/mol. The summed E-state index contributed by atoms with van der Waals surface area (Å²) in [5.41, 5.74) is 3.60. The molecule has 0 heterocycles. The number of ether oxygens (including phenoxy) is 1. The molecule has 1 aromatic carbocycles. The van der Waals surface area contributed by atoms with Crippen molar-refractivity contribution in [3.63, 3.8) is 0 Å². The van der Waals surface area contributed by atoms with E-state index in [9.17, 15) is 0 Å². The summed E-state index contributed by atoms with van der Waals surface area (Å²) in [5.74, 6) is 0. The molecule has 13 heavy (non-hydrogen) atoms. The van der Waals surface area contributed by atoms with Crippen LogP contribution in [0.1, 0.15) is 18.1 Å². The van der Waals surface area contributed by atoms with Crippen LogP contribution in [0, 0.1) is 6.92 Å². The first-order valence-corrected chi connectivity index (χ1v) is 4.47. The minimum atomic E-state index is 0.647. The summed E-state index contributed by atoms with van der Waals surface area (Å²) in [5, 5.41) is 0. The van der Waals surface area contributed by atoms with Crippen LogP contribution in [0.15, 0.2) is 36.4 Å². The molecule has 1 rings (SSSR count). The zero-order chi connectivity index (χ0) is 9.68. The van der Waals surface area contributed by atoms with Crippen LogP contribution in [-0.4, -0.2) is 6.61 Å². The van der Waals surface area contributed by atoms with Crippen LogP contribution in [0.4, 0.5) is 0 Å². The van der Waals surface area contributed by atoms with E-state index in [1.807, 2.05) is 19.1 Å². The molecule has 70 valence electrons. The molecule has 1 heteroatoms. The molecule has 0 bridgehead atoms. The third-order valence-electron chi connectivity index (χ3n) is 1.87. The average molecular weight is 176 g/mol. The van der Waals surface area contributed by atoms with Crippen molar-refractivity contribution in [2.75, 3.05) is 6.61 Å². The smallest absolute Gasteiger partial charge is 0.0723 e. The first kappa shape index (κ1) is 10.0. The van der Waals surface area contributed by atoms with Gasteiger partial charge in [-0.05, 0) is 25.0 Å². The van der Waals surface area contributed by atoms with E-state index in [1.165, 1.54) is 11.1 Å². The highest BCUT2D eigenvalue weighted by Crippen LogP contribution is 2.08. The highest BCUT2D eigenvalue weighted by molar-refractivity contribution is 5.24. The molecule has 1 aromatic rings. The molecule has 0 saturated heterocycles. The van der Waals surface area contributed by atoms with Gasteiger partial charge >= 0.3 is 0 Å². The topological polar surface area (TPSA) is 9.23 Å². The van der Waals surface area contributed by atoms with E-state index in [-0.39, 0.29) is 0 Å². The Balaban J connectivity index is 2.45. The standard InChI is InChI=1S/C12H16O/c1-10(2)8-13-9-12-7-5-4-6-11(12)3/h4-7H,1,8-9H2,2-3H3. The fraction of sp³-hybridized carbons (Fsp3) is 0.333. The molecule has 0 fully saturated rings. The van der Waals surface area contributed by atoms with Gasteiger partial charge in [-0.3, -0.25) is 0 Å². The Kier molecular flexibility index (Phi) is 3.71. The molecule has 0 N–H and O–H groups in total. The first-order valence-electron chi connectivity index (χ1n) is 4.47. The predicted octanol–water partition coefficient (Wildman–Crippen LogP) is 3.09. The van der Waals surface area contributed by atoms with Crippen molar-refractivity contribution in [2.24, 2.45) is 0 Å². The zero-order valence-electron chi connectivity index (χ0n) is 8.34. The van der Waals surface area contributed by atoms with Crippen molar-refractivity contribution in [2.45, 2.75) is 20.5 Å². The highest BCUT2D eigenvalue weighted by atomic mass is 16.5. The van der Waals surface area contributed by atoms with Crippen LogP contribution >= 0.6 is 0 Å². The third kappa shape index (κ3) is 3.43. The highest BCUT2D eigenvalue weighted by Gasteiger charge is 1.96. The van der Waals surface area contributed by atoms with Crippen molar-refractivity contribution < 1.29 is 4.74 Å². The molecule has 0 amide bonds. The maximum atomic E-state index is 5.46. The van der Waals surface area contributed by atoms with E-state index in [0.717, 1.165) is 5.57 Å². The van der Waals surface area contributed by atoms with Gasteiger partial charge in [0, 0.05) is 0 Å². The molecule has 0 aromatic heterocycles. The Morgan fingerprint density at radius 3 is 2.69 bits per heavy atom. The lowest BCUT2D eigenvalue weighted by atomic mass is 10.1. The maximum absolute atomic E-state index is 5.46. The molecule has 0 aliphatic rings. The SMILES string of the molecule is C=C(C)COCc1ccccc1C. The van der Waals surface area contributed by atoms with E-state index in [0.29, 0.717) is 13.2 Å². The molecule has 0 unspecified atom stereocenters. The molecule has 0 aliphatic carbocycles. The van der Waals surface area contributed by atoms with Gasteiger partial charge in [-0.2, -0.15) is 0 Å². The summed E-state index contributed by atoms with van der Waals surface area (Å²) >= 11 is 0. The van der Waals surface area contributed by atoms with Crippen molar-refractivity contribution in [1.29, 1.82) is 0 Å². The second kappa shape index (κ2) is 4.83. The van der Waals surface area contributed by atoms with Gasteiger partial charge in [-0.25, -0.2) is 0 Å². The lowest BCUT2D eigenvalue weighted by molar-refractivity contribution is 0.142. The second-order valence-corrected chi connectivity index (χ2v) is 3.38. The van der Waals surface area contributed by atoms with Gasteiger partial charge in [-0.1, -0.05) is 36.4 Å². The van der Waals surface area contributed by atoms with E-state index in [4.69, 9.17) is 4.74 Å². The number of hydrogen-bond acceptors (Lipinski definition) is 1. The summed E-state index contributed by atoms with van der Waals surface area (Å²) in [7, 11) is 0. The van der Waals surface area contributed by atoms with Gasteiger partial charge in [0.1, 0.15) is 0 Å². The van der Waals surface area contributed by atoms with Crippen LogP contribution in [0.3, 0.4) is 0 Å². The summed E-state index contributed by atoms with van der Waals surface area (Å²) in [6.07, 6.45) is 0. The lowest BCUT2D eigenvalue weighted by Gasteiger charge is -2.06. The average Bonchev–Trinajstić information content (AvgIpc) is 2.08. The quantitative estimate of drug-likeness (QED) is 0.640. The van der Waals surface area contributed by atoms with Crippen LogP contribution in [0.25, 0.3) is 0 Å². The first-order chi connectivity index (χ1) is 6.20. The number of rotatable bonds is 4. The molecule has 0 atom stereocenters. The van der Waals surface area contributed by atoms with E-state index >= 15 is 0 Å². The van der Waals surface area contributed by atoms with Gasteiger partial charge < -0.3 is 4.74 Å². The normalized spacial score (nSPS) is 10.0. The summed E-state index contributed by atoms with van der Waals surface area (Å²) < 4.78 is 5.46. The Bertz CT molecular complexity index is 289. The Morgan fingerprint density at radius 2 is 2.08 bits per heavy atom. The van der Waals surface area contributed by atoms with Crippen molar-refractivity contribution >= 4 is 0 Å². The number of hydrogen-bond donors (Lipinski definition) is 0. The van der Waals surface area contributed by atoms with Crippen LogP contribution in [-0.2, 0) is 11.3 Å². The lowest BCUT2D eigenvalue weighted by Crippen LogP contribution is -1.97. The number of benzene rings is 1. The van der Waals surface area contributed by atoms with Crippen molar-refractivity contribution in [1.82, 2.24) is 0 Å². The van der Waals surface area contributed by atoms with Crippen molar-refractivity contribution in [3.05, 3.63) is 47.5 Å². The van der Waals surface area contributed by atoms with E-state index in [1.54, 1.807) is 0 Å². The van der Waals surface area contributed by atoms with E-state index in [2.05, 4.69) is 25.6 Å². The van der Waals surface area contributed by atoms with Gasteiger partial charge in [-0.15, -0.1) is 0 Å². The molecule has 1 nitrogen and oxygen atoms in total. The fourth-order valence-corrected chi connectivity index (χ4v) is 1.11. The second-order valence-electron chi connectivity index (χ2n) is 3.38. The molecule has 0 spiro atoms. The van der Waals surface area contributed by atoms with Crippen LogP contribution in [0.2, 0.25) is 0 Å². The largest absolute Gasteiger partial charge is 0.372 e. The molecular formula is C12H16O. The Labute approximate surface area is 80.0 Å². The zero-order valence-corrected chi connectivity index (χ0v) is 8.34. The van der Waals surface area contributed by atoms with Crippen molar-refractivity contribution in [3.8, 4) is 0 Å². The van der Waals surface area contributed by atoms with Gasteiger partial charge in [0.2, 0.25) is 0 Å². The minimum Gasteiger partial charge on any atom is -0.372 e. The fourth-order valence-electron chi connectivity index (χ4n) is 1.11. The third-order valence-corrected chi connectivity index (χ3v) is 1.87. The van der Waals surface area contributed by atoms with Crippen LogP contribution < -0.4 is 0 Å². The molecule has 0 radical (unpaired) electrons.